The van der Waals surface area contributed by atoms with Crippen LogP contribution in [0.15, 0.2) is 42.5 Å². The van der Waals surface area contributed by atoms with Crippen molar-refractivity contribution in [2.45, 2.75) is 50.6 Å². The maximum atomic E-state index is 9.19. The molecule has 1 saturated carbocycles. The Balaban J connectivity index is 1.70. The number of nitrogens with one attached hydrogen (secondary N) is 2. The average Bonchev–Trinajstić information content (AvgIpc) is 3.38. The third-order valence-corrected chi connectivity index (χ3v) is 5.20. The van der Waals surface area contributed by atoms with E-state index in [-0.39, 0.29) is 11.5 Å². The SMILES string of the molecule is CC1(C)CC(c2ccccc2NC2CC2)Nc2ccc(C#N)cc21. The Morgan fingerprint density at radius 3 is 2.71 bits per heavy atom. The number of fused-ring (bicyclic) bond motifs is 1. The molecule has 0 aromatic heterocycles. The van der Waals surface area contributed by atoms with Crippen molar-refractivity contribution in [2.24, 2.45) is 0 Å². The Kier molecular flexibility index (Phi) is 3.49. The molecule has 1 fully saturated rings. The van der Waals surface area contributed by atoms with E-state index in [1.165, 1.54) is 29.7 Å². The van der Waals surface area contributed by atoms with Crippen LogP contribution in [0, 0.1) is 11.3 Å². The molecule has 3 heteroatoms. The van der Waals surface area contributed by atoms with Gasteiger partial charge in [0.15, 0.2) is 0 Å². The number of para-hydroxylation sites is 1. The van der Waals surface area contributed by atoms with Gasteiger partial charge in [0.25, 0.3) is 0 Å². The first-order valence-corrected chi connectivity index (χ1v) is 8.73. The minimum atomic E-state index is 0.0325. The summed E-state index contributed by atoms with van der Waals surface area (Å²) in [6.07, 6.45) is 3.56. The molecule has 2 aromatic rings. The fourth-order valence-corrected chi connectivity index (χ4v) is 3.73. The quantitative estimate of drug-likeness (QED) is 0.840. The van der Waals surface area contributed by atoms with Gasteiger partial charge < -0.3 is 10.6 Å². The molecule has 2 N–H and O–H groups in total. The summed E-state index contributed by atoms with van der Waals surface area (Å²) in [5.74, 6) is 0. The van der Waals surface area contributed by atoms with Crippen molar-refractivity contribution in [3.63, 3.8) is 0 Å². The minimum Gasteiger partial charge on any atom is -0.382 e. The first-order chi connectivity index (χ1) is 11.6. The number of nitrogens with zero attached hydrogens (tertiary/aromatic N) is 1. The van der Waals surface area contributed by atoms with Gasteiger partial charge in [0.05, 0.1) is 17.7 Å². The van der Waals surface area contributed by atoms with Gasteiger partial charge in [0.2, 0.25) is 0 Å². The lowest BCUT2D eigenvalue weighted by atomic mass is 9.73. The highest BCUT2D eigenvalue weighted by Crippen LogP contribution is 2.45. The van der Waals surface area contributed by atoms with Crippen LogP contribution < -0.4 is 10.6 Å². The number of hydrogen-bond acceptors (Lipinski definition) is 3. The molecule has 24 heavy (non-hydrogen) atoms. The van der Waals surface area contributed by atoms with E-state index in [1.807, 2.05) is 12.1 Å². The summed E-state index contributed by atoms with van der Waals surface area (Å²) in [5, 5.41) is 16.6. The van der Waals surface area contributed by atoms with Crippen molar-refractivity contribution in [1.29, 1.82) is 5.26 Å². The molecule has 0 radical (unpaired) electrons. The smallest absolute Gasteiger partial charge is 0.0991 e. The van der Waals surface area contributed by atoms with E-state index >= 15 is 0 Å². The molecule has 2 aromatic carbocycles. The predicted octanol–water partition coefficient (Wildman–Crippen LogP) is 4.97. The van der Waals surface area contributed by atoms with Crippen LogP contribution in [-0.4, -0.2) is 6.04 Å². The van der Waals surface area contributed by atoms with Gasteiger partial charge in [-0.05, 0) is 60.1 Å². The zero-order valence-corrected chi connectivity index (χ0v) is 14.3. The minimum absolute atomic E-state index is 0.0325. The number of anilines is 2. The molecule has 0 bridgehead atoms. The molecular weight excluding hydrogens is 294 g/mol. The van der Waals surface area contributed by atoms with E-state index in [4.69, 9.17) is 0 Å². The van der Waals surface area contributed by atoms with Crippen LogP contribution in [0.25, 0.3) is 0 Å². The topological polar surface area (TPSA) is 47.8 Å². The lowest BCUT2D eigenvalue weighted by molar-refractivity contribution is 0.427. The molecule has 1 heterocycles. The molecule has 0 spiro atoms. The highest BCUT2D eigenvalue weighted by molar-refractivity contribution is 5.64. The summed E-state index contributed by atoms with van der Waals surface area (Å²) < 4.78 is 0. The maximum Gasteiger partial charge on any atom is 0.0991 e. The first-order valence-electron chi connectivity index (χ1n) is 8.73. The lowest BCUT2D eigenvalue weighted by Crippen LogP contribution is -2.31. The first kappa shape index (κ1) is 15.1. The number of hydrogen-bond donors (Lipinski definition) is 2. The molecule has 3 nitrogen and oxygen atoms in total. The normalized spacial score (nSPS) is 21.3. The predicted molar refractivity (Wildman–Crippen MR) is 98.3 cm³/mol. The third-order valence-electron chi connectivity index (χ3n) is 5.20. The van der Waals surface area contributed by atoms with E-state index in [9.17, 15) is 5.26 Å². The lowest BCUT2D eigenvalue weighted by Gasteiger charge is -2.39. The summed E-state index contributed by atoms with van der Waals surface area (Å²) in [6.45, 7) is 4.55. The van der Waals surface area contributed by atoms with Crippen molar-refractivity contribution in [1.82, 2.24) is 0 Å². The maximum absolute atomic E-state index is 9.19. The monoisotopic (exact) mass is 317 g/mol. The van der Waals surface area contributed by atoms with Crippen LogP contribution in [-0.2, 0) is 5.41 Å². The molecule has 1 atom stereocenters. The second-order valence-electron chi connectivity index (χ2n) is 7.66. The highest BCUT2D eigenvalue weighted by atomic mass is 15.0. The number of rotatable bonds is 3. The Morgan fingerprint density at radius 2 is 1.96 bits per heavy atom. The standard InChI is InChI=1S/C21H23N3/c1-21(2)12-20(24-19-10-7-14(13-22)11-17(19)21)16-5-3-4-6-18(16)23-15-8-9-15/h3-7,10-11,15,20,23-24H,8-9,12H2,1-2H3. The number of nitriles is 1. The van der Waals surface area contributed by atoms with Gasteiger partial charge in [0, 0.05) is 17.4 Å². The molecule has 0 amide bonds. The summed E-state index contributed by atoms with van der Waals surface area (Å²) >= 11 is 0. The second-order valence-corrected chi connectivity index (χ2v) is 7.66. The van der Waals surface area contributed by atoms with Gasteiger partial charge in [-0.2, -0.15) is 5.26 Å². The summed E-state index contributed by atoms with van der Waals surface area (Å²) in [6, 6.07) is 17.8. The van der Waals surface area contributed by atoms with Crippen molar-refractivity contribution in [3.05, 3.63) is 59.2 Å². The Morgan fingerprint density at radius 1 is 1.17 bits per heavy atom. The molecule has 1 aliphatic carbocycles. The van der Waals surface area contributed by atoms with Crippen LogP contribution in [0.2, 0.25) is 0 Å². The van der Waals surface area contributed by atoms with Gasteiger partial charge >= 0.3 is 0 Å². The van der Waals surface area contributed by atoms with E-state index in [1.54, 1.807) is 0 Å². The fraction of sp³-hybridized carbons (Fsp3) is 0.381. The van der Waals surface area contributed by atoms with E-state index < -0.39 is 0 Å². The Hall–Kier alpha value is -2.47. The molecule has 4 rings (SSSR count). The number of benzene rings is 2. The van der Waals surface area contributed by atoms with E-state index in [0.717, 1.165) is 17.7 Å². The summed E-state index contributed by atoms with van der Waals surface area (Å²) in [7, 11) is 0. The highest BCUT2D eigenvalue weighted by Gasteiger charge is 2.34. The van der Waals surface area contributed by atoms with E-state index in [2.05, 4.69) is 60.9 Å². The van der Waals surface area contributed by atoms with Crippen LogP contribution in [0.1, 0.15) is 55.8 Å². The van der Waals surface area contributed by atoms with Crippen molar-refractivity contribution in [2.75, 3.05) is 10.6 Å². The molecule has 2 aliphatic rings. The van der Waals surface area contributed by atoms with E-state index in [0.29, 0.717) is 6.04 Å². The van der Waals surface area contributed by atoms with Gasteiger partial charge in [-0.25, -0.2) is 0 Å². The van der Waals surface area contributed by atoms with Crippen LogP contribution in [0.3, 0.4) is 0 Å². The van der Waals surface area contributed by atoms with Gasteiger partial charge in [-0.1, -0.05) is 32.0 Å². The molecular formula is C21H23N3. The van der Waals surface area contributed by atoms with Crippen LogP contribution in [0.5, 0.6) is 0 Å². The van der Waals surface area contributed by atoms with Crippen molar-refractivity contribution >= 4 is 11.4 Å². The largest absolute Gasteiger partial charge is 0.382 e. The summed E-state index contributed by atoms with van der Waals surface area (Å²) in [4.78, 5) is 0. The molecule has 1 unspecified atom stereocenters. The van der Waals surface area contributed by atoms with Crippen LogP contribution in [0.4, 0.5) is 11.4 Å². The Bertz CT molecular complexity index is 812. The third kappa shape index (κ3) is 2.73. The van der Waals surface area contributed by atoms with Crippen molar-refractivity contribution in [3.8, 4) is 6.07 Å². The van der Waals surface area contributed by atoms with Gasteiger partial charge in [0.1, 0.15) is 0 Å². The Labute approximate surface area is 143 Å². The molecule has 1 aliphatic heterocycles. The van der Waals surface area contributed by atoms with Crippen LogP contribution >= 0.6 is 0 Å². The fourth-order valence-electron chi connectivity index (χ4n) is 3.73. The van der Waals surface area contributed by atoms with Gasteiger partial charge in [-0.15, -0.1) is 0 Å². The zero-order chi connectivity index (χ0) is 16.7. The molecule has 122 valence electrons. The van der Waals surface area contributed by atoms with Crippen molar-refractivity contribution < 1.29 is 0 Å². The zero-order valence-electron chi connectivity index (χ0n) is 14.3. The second kappa shape index (κ2) is 5.56. The molecule has 0 saturated heterocycles. The average molecular weight is 317 g/mol. The van der Waals surface area contributed by atoms with Gasteiger partial charge in [-0.3, -0.25) is 0 Å². The summed E-state index contributed by atoms with van der Waals surface area (Å²) in [5.41, 5.74) is 5.75.